The molecule has 206 valence electrons. The number of benzene rings is 3. The molecule has 1 fully saturated rings. The standard InChI is InChI=1S/C29H25ClN2O6S2/c1-19-7-12-23(31-26(33)20-8-10-22(30)11-9-20)18-21(19)6-4-3-5-17-29(27(34)32-28(35)39-29)40(36,37)25-15-13-24(38-2)14-16-25/h7-16,18H,3,5,17H2,1-2H3,(H,31,33)(H,32,34,35). The zero-order chi connectivity index (χ0) is 28.9. The van der Waals surface area contributed by atoms with Crippen LogP contribution in [0.5, 0.6) is 5.75 Å². The Kier molecular flexibility index (Phi) is 8.88. The highest BCUT2D eigenvalue weighted by molar-refractivity contribution is 8.25. The molecule has 40 heavy (non-hydrogen) atoms. The van der Waals surface area contributed by atoms with Crippen LogP contribution in [0.25, 0.3) is 0 Å². The number of amides is 3. The van der Waals surface area contributed by atoms with Gasteiger partial charge in [-0.25, -0.2) is 8.42 Å². The lowest BCUT2D eigenvalue weighted by Gasteiger charge is -2.24. The van der Waals surface area contributed by atoms with Crippen molar-refractivity contribution in [3.05, 3.63) is 88.4 Å². The van der Waals surface area contributed by atoms with E-state index in [4.69, 9.17) is 16.3 Å². The quantitative estimate of drug-likeness (QED) is 0.257. The molecule has 11 heteroatoms. The molecule has 4 rings (SSSR count). The lowest BCUT2D eigenvalue weighted by molar-refractivity contribution is -0.120. The third kappa shape index (κ3) is 6.17. The summed E-state index contributed by atoms with van der Waals surface area (Å²) < 4.78 is 30.2. The van der Waals surface area contributed by atoms with Crippen molar-refractivity contribution in [3.8, 4) is 17.6 Å². The van der Waals surface area contributed by atoms with E-state index in [2.05, 4.69) is 22.5 Å². The number of ether oxygens (including phenoxy) is 1. The number of carbonyl (C=O) groups excluding carboxylic acids is 3. The van der Waals surface area contributed by atoms with Crippen LogP contribution in [-0.2, 0) is 14.6 Å². The lowest BCUT2D eigenvalue weighted by Crippen LogP contribution is -2.43. The molecule has 2 N–H and O–H groups in total. The smallest absolute Gasteiger partial charge is 0.287 e. The van der Waals surface area contributed by atoms with Crippen molar-refractivity contribution in [2.75, 3.05) is 12.4 Å². The number of carbonyl (C=O) groups is 3. The molecule has 3 aromatic rings. The molecule has 8 nitrogen and oxygen atoms in total. The van der Waals surface area contributed by atoms with Gasteiger partial charge < -0.3 is 10.1 Å². The van der Waals surface area contributed by atoms with Crippen LogP contribution in [0, 0.1) is 18.8 Å². The molecular formula is C29H25ClN2O6S2. The second kappa shape index (κ2) is 12.2. The third-order valence-electron chi connectivity index (χ3n) is 6.26. The molecule has 1 aliphatic heterocycles. The summed E-state index contributed by atoms with van der Waals surface area (Å²) >= 11 is 6.37. The maximum absolute atomic E-state index is 13.5. The van der Waals surface area contributed by atoms with Crippen LogP contribution in [0.3, 0.4) is 0 Å². The van der Waals surface area contributed by atoms with Crippen LogP contribution in [0.1, 0.15) is 40.7 Å². The van der Waals surface area contributed by atoms with Gasteiger partial charge in [0.25, 0.3) is 17.1 Å². The monoisotopic (exact) mass is 596 g/mol. The van der Waals surface area contributed by atoms with E-state index in [9.17, 15) is 22.8 Å². The molecule has 1 heterocycles. The number of hydrogen-bond donors (Lipinski definition) is 2. The predicted octanol–water partition coefficient (Wildman–Crippen LogP) is 5.58. The summed E-state index contributed by atoms with van der Waals surface area (Å²) in [5.74, 6) is 5.40. The zero-order valence-corrected chi connectivity index (χ0v) is 24.0. The van der Waals surface area contributed by atoms with Crippen molar-refractivity contribution in [1.29, 1.82) is 0 Å². The fourth-order valence-electron chi connectivity index (χ4n) is 4.04. The van der Waals surface area contributed by atoms with E-state index in [1.807, 2.05) is 13.0 Å². The Morgan fingerprint density at radius 1 is 1.07 bits per heavy atom. The first-order valence-corrected chi connectivity index (χ1v) is 14.8. The number of aryl methyl sites for hydroxylation is 1. The average Bonchev–Trinajstić information content (AvgIpc) is 3.24. The van der Waals surface area contributed by atoms with Gasteiger partial charge in [0.05, 0.1) is 12.0 Å². The second-order valence-electron chi connectivity index (χ2n) is 8.92. The highest BCUT2D eigenvalue weighted by Crippen LogP contribution is 2.44. The molecule has 0 aromatic heterocycles. The Hall–Kier alpha value is -3.78. The van der Waals surface area contributed by atoms with Gasteiger partial charge in [0.15, 0.2) is 0 Å². The van der Waals surface area contributed by atoms with Crippen LogP contribution in [-0.4, -0.2) is 36.7 Å². The molecule has 0 aliphatic carbocycles. The summed E-state index contributed by atoms with van der Waals surface area (Å²) in [6, 6.07) is 17.6. The molecule has 1 unspecified atom stereocenters. The summed E-state index contributed by atoms with van der Waals surface area (Å²) in [4.78, 5) is 37.3. The largest absolute Gasteiger partial charge is 0.497 e. The summed E-state index contributed by atoms with van der Waals surface area (Å²) in [5.41, 5.74) is 2.62. The summed E-state index contributed by atoms with van der Waals surface area (Å²) in [7, 11) is -2.76. The minimum atomic E-state index is -4.22. The summed E-state index contributed by atoms with van der Waals surface area (Å²) in [6.45, 7) is 1.89. The SMILES string of the molecule is COc1ccc(S(=O)(=O)C2(CCCC#Cc3cc(NC(=O)c4ccc(Cl)cc4)ccc3C)SC(=O)NC2=O)cc1. The van der Waals surface area contributed by atoms with Gasteiger partial charge in [-0.05, 0) is 97.8 Å². The van der Waals surface area contributed by atoms with Gasteiger partial charge in [0.1, 0.15) is 5.75 Å². The van der Waals surface area contributed by atoms with Crippen LogP contribution >= 0.6 is 23.4 Å². The molecule has 1 atom stereocenters. The summed E-state index contributed by atoms with van der Waals surface area (Å²) in [6.07, 6.45) is 0.430. The zero-order valence-electron chi connectivity index (χ0n) is 21.6. The first kappa shape index (κ1) is 29.2. The number of sulfone groups is 1. The molecule has 0 bridgehead atoms. The van der Waals surface area contributed by atoms with Crippen molar-refractivity contribution >= 4 is 55.9 Å². The van der Waals surface area contributed by atoms with E-state index < -0.39 is 25.1 Å². The van der Waals surface area contributed by atoms with E-state index in [-0.39, 0.29) is 30.1 Å². The molecule has 1 aliphatic rings. The topological polar surface area (TPSA) is 119 Å². The van der Waals surface area contributed by atoms with E-state index >= 15 is 0 Å². The lowest BCUT2D eigenvalue weighted by atomic mass is 10.1. The number of thioether (sulfide) groups is 1. The number of imide groups is 1. The number of unbranched alkanes of at least 4 members (excludes halogenated alkanes) is 1. The maximum Gasteiger partial charge on any atom is 0.287 e. The Balaban J connectivity index is 1.46. The number of nitrogens with one attached hydrogen (secondary N) is 2. The molecule has 3 amide bonds. The first-order valence-electron chi connectivity index (χ1n) is 12.2. The maximum atomic E-state index is 13.5. The van der Waals surface area contributed by atoms with Gasteiger partial charge in [0, 0.05) is 28.3 Å². The van der Waals surface area contributed by atoms with E-state index in [0.717, 1.165) is 5.56 Å². The number of halogens is 1. The average molecular weight is 597 g/mol. The van der Waals surface area contributed by atoms with E-state index in [0.29, 0.717) is 39.3 Å². The van der Waals surface area contributed by atoms with Crippen molar-refractivity contribution in [1.82, 2.24) is 5.32 Å². The fraction of sp³-hybridized carbons (Fsp3) is 0.207. The minimum absolute atomic E-state index is 0.0789. The Labute approximate surface area is 241 Å². The predicted molar refractivity (Wildman–Crippen MR) is 155 cm³/mol. The molecule has 0 saturated carbocycles. The Morgan fingerprint density at radius 3 is 2.40 bits per heavy atom. The van der Waals surface area contributed by atoms with Gasteiger partial charge >= 0.3 is 0 Å². The Morgan fingerprint density at radius 2 is 1.77 bits per heavy atom. The highest BCUT2D eigenvalue weighted by Gasteiger charge is 2.57. The summed E-state index contributed by atoms with van der Waals surface area (Å²) in [5, 5.41) is 4.78. The number of rotatable bonds is 8. The molecule has 1 saturated heterocycles. The van der Waals surface area contributed by atoms with E-state index in [1.165, 1.54) is 31.4 Å². The third-order valence-corrected chi connectivity index (χ3v) is 10.6. The van der Waals surface area contributed by atoms with Gasteiger partial charge in [-0.1, -0.05) is 29.5 Å². The van der Waals surface area contributed by atoms with Gasteiger partial charge in [-0.2, -0.15) is 0 Å². The molecular weight excluding hydrogens is 572 g/mol. The van der Waals surface area contributed by atoms with Crippen LogP contribution < -0.4 is 15.4 Å². The molecule has 0 radical (unpaired) electrons. The highest BCUT2D eigenvalue weighted by atomic mass is 35.5. The number of hydrogen-bond acceptors (Lipinski definition) is 7. The minimum Gasteiger partial charge on any atom is -0.497 e. The second-order valence-corrected chi connectivity index (χ2v) is 13.1. The van der Waals surface area contributed by atoms with Gasteiger partial charge in [-0.3, -0.25) is 19.7 Å². The van der Waals surface area contributed by atoms with Crippen LogP contribution in [0.2, 0.25) is 5.02 Å². The van der Waals surface area contributed by atoms with Crippen molar-refractivity contribution in [2.24, 2.45) is 0 Å². The molecule has 0 spiro atoms. The van der Waals surface area contributed by atoms with Gasteiger partial charge in [-0.15, -0.1) is 0 Å². The normalized spacial score (nSPS) is 16.6. The van der Waals surface area contributed by atoms with E-state index in [1.54, 1.807) is 36.4 Å². The van der Waals surface area contributed by atoms with Crippen molar-refractivity contribution < 1.29 is 27.5 Å². The number of anilines is 1. The Bertz CT molecular complexity index is 1630. The van der Waals surface area contributed by atoms with Crippen LogP contribution in [0.15, 0.2) is 71.6 Å². The van der Waals surface area contributed by atoms with Crippen molar-refractivity contribution in [3.63, 3.8) is 0 Å². The molecule has 3 aromatic carbocycles. The van der Waals surface area contributed by atoms with Crippen LogP contribution in [0.4, 0.5) is 10.5 Å². The first-order chi connectivity index (χ1) is 19.1. The number of methoxy groups -OCH3 is 1. The van der Waals surface area contributed by atoms with Crippen molar-refractivity contribution in [2.45, 2.75) is 35.2 Å². The fourth-order valence-corrected chi connectivity index (χ4v) is 7.53. The van der Waals surface area contributed by atoms with Gasteiger partial charge in [0.2, 0.25) is 13.9 Å².